The number of ether oxygens (including phenoxy) is 1. The molecule has 0 saturated carbocycles. The lowest BCUT2D eigenvalue weighted by atomic mass is 10.1. The molecule has 1 saturated heterocycles. The van der Waals surface area contributed by atoms with Crippen molar-refractivity contribution in [1.82, 2.24) is 5.32 Å². The molecule has 1 aromatic rings. The lowest BCUT2D eigenvalue weighted by Crippen LogP contribution is -2.17. The van der Waals surface area contributed by atoms with Gasteiger partial charge in [-0.2, -0.15) is 0 Å². The molecule has 1 atom stereocenters. The van der Waals surface area contributed by atoms with Gasteiger partial charge in [0.1, 0.15) is 0 Å². The summed E-state index contributed by atoms with van der Waals surface area (Å²) in [4.78, 5) is 0. The monoisotopic (exact) mass is 205 g/mol. The van der Waals surface area contributed by atoms with Gasteiger partial charge in [-0.1, -0.05) is 30.3 Å². The molecule has 1 heterocycles. The van der Waals surface area contributed by atoms with Crippen molar-refractivity contribution in [3.05, 3.63) is 35.9 Å². The first-order valence-corrected chi connectivity index (χ1v) is 5.77. The molecule has 1 aliphatic heterocycles. The molecule has 1 fully saturated rings. The highest BCUT2D eigenvalue weighted by atomic mass is 16.5. The zero-order valence-electron chi connectivity index (χ0n) is 9.11. The normalized spacial score (nSPS) is 20.7. The highest BCUT2D eigenvalue weighted by Crippen LogP contribution is 2.15. The number of nitrogens with one attached hydrogen (secondary N) is 1. The molecule has 1 aromatic carbocycles. The van der Waals surface area contributed by atoms with Gasteiger partial charge in [-0.25, -0.2) is 0 Å². The Morgan fingerprint density at radius 1 is 1.27 bits per heavy atom. The van der Waals surface area contributed by atoms with E-state index in [0.29, 0.717) is 0 Å². The fraction of sp³-hybridized carbons (Fsp3) is 0.538. The standard InChI is InChI=1S/C13H19NO/c1-2-4-12(5-3-1)10-14-8-6-13-7-9-15-11-13/h1-5,13-14H,6-11H2/t13-/m1/s1. The van der Waals surface area contributed by atoms with E-state index in [-0.39, 0.29) is 0 Å². The Labute approximate surface area is 91.6 Å². The molecule has 0 bridgehead atoms. The second kappa shape index (κ2) is 5.89. The summed E-state index contributed by atoms with van der Waals surface area (Å²) >= 11 is 0. The van der Waals surface area contributed by atoms with Gasteiger partial charge >= 0.3 is 0 Å². The predicted molar refractivity (Wildman–Crippen MR) is 61.7 cm³/mol. The molecule has 0 spiro atoms. The van der Waals surface area contributed by atoms with Gasteiger partial charge in [0, 0.05) is 19.8 Å². The molecule has 1 N–H and O–H groups in total. The third-order valence-electron chi connectivity index (χ3n) is 2.93. The van der Waals surface area contributed by atoms with E-state index < -0.39 is 0 Å². The molecule has 0 aliphatic carbocycles. The predicted octanol–water partition coefficient (Wildman–Crippen LogP) is 2.20. The van der Waals surface area contributed by atoms with E-state index in [0.717, 1.165) is 32.2 Å². The molecule has 1 aliphatic rings. The fourth-order valence-corrected chi connectivity index (χ4v) is 1.95. The Bertz CT molecular complexity index is 267. The zero-order chi connectivity index (χ0) is 10.3. The van der Waals surface area contributed by atoms with Gasteiger partial charge in [0.2, 0.25) is 0 Å². The molecule has 0 radical (unpaired) electrons. The molecule has 0 unspecified atom stereocenters. The van der Waals surface area contributed by atoms with Crippen LogP contribution < -0.4 is 5.32 Å². The summed E-state index contributed by atoms with van der Waals surface area (Å²) in [6.45, 7) is 4.01. The topological polar surface area (TPSA) is 21.3 Å². The van der Waals surface area contributed by atoms with Crippen LogP contribution in [0.3, 0.4) is 0 Å². The third-order valence-corrected chi connectivity index (χ3v) is 2.93. The average Bonchev–Trinajstić information content (AvgIpc) is 2.79. The van der Waals surface area contributed by atoms with Crippen LogP contribution in [0, 0.1) is 5.92 Å². The largest absolute Gasteiger partial charge is 0.381 e. The summed E-state index contributed by atoms with van der Waals surface area (Å²) in [5, 5.41) is 3.47. The van der Waals surface area contributed by atoms with Crippen LogP contribution in [-0.4, -0.2) is 19.8 Å². The summed E-state index contributed by atoms with van der Waals surface area (Å²) in [5.74, 6) is 0.785. The number of benzene rings is 1. The summed E-state index contributed by atoms with van der Waals surface area (Å²) < 4.78 is 5.34. The van der Waals surface area contributed by atoms with E-state index in [2.05, 4.69) is 35.6 Å². The summed E-state index contributed by atoms with van der Waals surface area (Å²) in [6, 6.07) is 10.5. The Balaban J connectivity index is 1.59. The van der Waals surface area contributed by atoms with Gasteiger partial charge in [-0.3, -0.25) is 0 Å². The van der Waals surface area contributed by atoms with Crippen molar-refractivity contribution in [2.75, 3.05) is 19.8 Å². The lowest BCUT2D eigenvalue weighted by Gasteiger charge is -2.08. The zero-order valence-corrected chi connectivity index (χ0v) is 9.11. The first kappa shape index (κ1) is 10.7. The molecular formula is C13H19NO. The summed E-state index contributed by atoms with van der Waals surface area (Å²) in [6.07, 6.45) is 2.49. The Morgan fingerprint density at radius 2 is 2.13 bits per heavy atom. The first-order chi connectivity index (χ1) is 7.45. The minimum absolute atomic E-state index is 0.785. The summed E-state index contributed by atoms with van der Waals surface area (Å²) in [5.41, 5.74) is 1.36. The van der Waals surface area contributed by atoms with Crippen LogP contribution in [0.1, 0.15) is 18.4 Å². The van der Waals surface area contributed by atoms with Crippen molar-refractivity contribution < 1.29 is 4.74 Å². The van der Waals surface area contributed by atoms with E-state index in [1.165, 1.54) is 18.4 Å². The van der Waals surface area contributed by atoms with E-state index in [9.17, 15) is 0 Å². The smallest absolute Gasteiger partial charge is 0.0495 e. The van der Waals surface area contributed by atoms with Crippen LogP contribution in [-0.2, 0) is 11.3 Å². The lowest BCUT2D eigenvalue weighted by molar-refractivity contribution is 0.184. The van der Waals surface area contributed by atoms with Crippen molar-refractivity contribution in [2.24, 2.45) is 5.92 Å². The van der Waals surface area contributed by atoms with E-state index in [1.54, 1.807) is 0 Å². The molecule has 0 aromatic heterocycles. The Hall–Kier alpha value is -0.860. The fourth-order valence-electron chi connectivity index (χ4n) is 1.95. The molecule has 0 amide bonds. The van der Waals surface area contributed by atoms with E-state index in [4.69, 9.17) is 4.74 Å². The highest BCUT2D eigenvalue weighted by molar-refractivity contribution is 5.14. The highest BCUT2D eigenvalue weighted by Gasteiger charge is 2.14. The maximum Gasteiger partial charge on any atom is 0.0495 e. The quantitative estimate of drug-likeness (QED) is 0.744. The van der Waals surface area contributed by atoms with Crippen molar-refractivity contribution in [3.8, 4) is 0 Å². The number of hydrogen-bond donors (Lipinski definition) is 1. The van der Waals surface area contributed by atoms with Gasteiger partial charge in [-0.15, -0.1) is 0 Å². The third kappa shape index (κ3) is 3.65. The molecular weight excluding hydrogens is 186 g/mol. The van der Waals surface area contributed by atoms with Gasteiger partial charge in [0.15, 0.2) is 0 Å². The van der Waals surface area contributed by atoms with Crippen LogP contribution >= 0.6 is 0 Å². The van der Waals surface area contributed by atoms with Crippen LogP contribution in [0.25, 0.3) is 0 Å². The van der Waals surface area contributed by atoms with Crippen molar-refractivity contribution >= 4 is 0 Å². The van der Waals surface area contributed by atoms with Crippen molar-refractivity contribution in [2.45, 2.75) is 19.4 Å². The van der Waals surface area contributed by atoms with Crippen molar-refractivity contribution in [1.29, 1.82) is 0 Å². The van der Waals surface area contributed by atoms with Gasteiger partial charge in [-0.05, 0) is 30.9 Å². The average molecular weight is 205 g/mol. The van der Waals surface area contributed by atoms with E-state index in [1.807, 2.05) is 0 Å². The number of rotatable bonds is 5. The molecule has 2 nitrogen and oxygen atoms in total. The Kier molecular flexibility index (Phi) is 4.18. The first-order valence-electron chi connectivity index (χ1n) is 5.77. The van der Waals surface area contributed by atoms with E-state index >= 15 is 0 Å². The van der Waals surface area contributed by atoms with Gasteiger partial charge in [0.25, 0.3) is 0 Å². The Morgan fingerprint density at radius 3 is 2.87 bits per heavy atom. The maximum absolute atomic E-state index is 5.34. The molecule has 2 heteroatoms. The minimum atomic E-state index is 0.785. The van der Waals surface area contributed by atoms with Gasteiger partial charge < -0.3 is 10.1 Å². The number of hydrogen-bond acceptors (Lipinski definition) is 2. The molecule has 15 heavy (non-hydrogen) atoms. The second-order valence-electron chi connectivity index (χ2n) is 4.18. The maximum atomic E-state index is 5.34. The second-order valence-corrected chi connectivity index (χ2v) is 4.18. The molecule has 2 rings (SSSR count). The van der Waals surface area contributed by atoms with Crippen LogP contribution in [0.5, 0.6) is 0 Å². The summed E-state index contributed by atoms with van der Waals surface area (Å²) in [7, 11) is 0. The SMILES string of the molecule is c1ccc(CNCC[C@@H]2CCOC2)cc1. The van der Waals surface area contributed by atoms with Gasteiger partial charge in [0.05, 0.1) is 0 Å². The van der Waals surface area contributed by atoms with Crippen LogP contribution in [0.15, 0.2) is 30.3 Å². The van der Waals surface area contributed by atoms with Crippen molar-refractivity contribution in [3.63, 3.8) is 0 Å². The van der Waals surface area contributed by atoms with Crippen LogP contribution in [0.2, 0.25) is 0 Å². The molecule has 82 valence electrons. The minimum Gasteiger partial charge on any atom is -0.381 e. The van der Waals surface area contributed by atoms with Crippen LogP contribution in [0.4, 0.5) is 0 Å².